The van der Waals surface area contributed by atoms with E-state index in [9.17, 15) is 0 Å². The van der Waals surface area contributed by atoms with Crippen molar-refractivity contribution in [2.75, 3.05) is 23.8 Å². The number of benzene rings is 4. The van der Waals surface area contributed by atoms with Gasteiger partial charge in [0.25, 0.3) is 0 Å². The van der Waals surface area contributed by atoms with Crippen molar-refractivity contribution < 1.29 is 26.0 Å². The van der Waals surface area contributed by atoms with Crippen LogP contribution in [0.5, 0.6) is 0 Å². The van der Waals surface area contributed by atoms with Crippen molar-refractivity contribution in [2.45, 2.75) is 0 Å². The van der Waals surface area contributed by atoms with E-state index in [0.29, 0.717) is 23.8 Å². The maximum Gasteiger partial charge on any atom is 2.00 e. The van der Waals surface area contributed by atoms with E-state index in [1.165, 1.54) is 68.3 Å². The van der Waals surface area contributed by atoms with Crippen LogP contribution in [-0.4, -0.2) is 23.8 Å². The number of hydrogen-bond acceptors (Lipinski definition) is 9. The second kappa shape index (κ2) is 20.7. The normalized spacial score (nSPS) is 15.3. The molecule has 0 spiro atoms. The van der Waals surface area contributed by atoms with Gasteiger partial charge in [0, 0.05) is 0 Å². The van der Waals surface area contributed by atoms with E-state index in [1.54, 1.807) is 0 Å². The Bertz CT molecular complexity index is 1240. The van der Waals surface area contributed by atoms with Gasteiger partial charge in [-0.05, 0) is 48.5 Å². The SMILES string of the molecule is [Ni+2].[S-]C1=C([S-])SCOCS1.[S]C1=C([S-])SCOCS1.c1ccc([P+](c2ccccc2)(c2ccccc2)c2ccccc2)cc1. The fourth-order valence-electron chi connectivity index (χ4n) is 4.19. The van der Waals surface area contributed by atoms with E-state index in [4.69, 9.17) is 60.0 Å². The van der Waals surface area contributed by atoms with Gasteiger partial charge in [-0.15, -0.1) is 39.5 Å². The Hall–Kier alpha value is -0.516. The molecular formula is C32H28NiO2PS8. The predicted octanol–water partition coefficient (Wildman–Crippen LogP) is 8.19. The van der Waals surface area contributed by atoms with Crippen LogP contribution in [-0.2, 0) is 63.9 Å². The van der Waals surface area contributed by atoms with Gasteiger partial charge in [-0.1, -0.05) is 97.2 Å². The number of thioether (sulfide) groups is 4. The summed E-state index contributed by atoms with van der Waals surface area (Å²) in [5.74, 6) is 2.58. The summed E-state index contributed by atoms with van der Waals surface area (Å²) in [7, 11) is -1.91. The van der Waals surface area contributed by atoms with Crippen molar-refractivity contribution in [1.29, 1.82) is 0 Å². The van der Waals surface area contributed by atoms with Gasteiger partial charge in [0.05, 0.1) is 28.0 Å². The minimum atomic E-state index is -1.91. The summed E-state index contributed by atoms with van der Waals surface area (Å²) in [6, 6.07) is 43.8. The smallest absolute Gasteiger partial charge is 0.774 e. The molecular weight excluding hydrogens is 763 g/mol. The molecule has 2 heterocycles. The van der Waals surface area contributed by atoms with Crippen molar-refractivity contribution in [3.8, 4) is 0 Å². The van der Waals surface area contributed by atoms with E-state index in [2.05, 4.69) is 121 Å². The first-order valence-electron chi connectivity index (χ1n) is 13.0. The Kier molecular flexibility index (Phi) is 17.8. The van der Waals surface area contributed by atoms with Crippen LogP contribution in [0.25, 0.3) is 0 Å². The number of hydrogen-bond donors (Lipinski definition) is 0. The molecule has 4 aromatic rings. The summed E-state index contributed by atoms with van der Waals surface area (Å²) in [5.41, 5.74) is 0. The Morgan fingerprint density at radius 2 is 0.727 bits per heavy atom. The molecule has 0 aliphatic carbocycles. The van der Waals surface area contributed by atoms with Crippen LogP contribution < -0.4 is 21.2 Å². The van der Waals surface area contributed by atoms with E-state index < -0.39 is 7.26 Å². The minimum absolute atomic E-state index is 0. The van der Waals surface area contributed by atoms with Crippen molar-refractivity contribution in [1.82, 2.24) is 0 Å². The molecule has 12 heteroatoms. The molecule has 2 aliphatic rings. The molecule has 0 saturated heterocycles. The zero-order valence-corrected chi connectivity index (χ0v) is 31.6. The molecule has 0 unspecified atom stereocenters. The van der Waals surface area contributed by atoms with E-state index in [0.717, 1.165) is 16.9 Å². The second-order valence-electron chi connectivity index (χ2n) is 8.62. The predicted molar refractivity (Wildman–Crippen MR) is 207 cm³/mol. The molecule has 0 amide bonds. The molecule has 0 fully saturated rings. The summed E-state index contributed by atoms with van der Waals surface area (Å²) in [4.78, 5) is 0. The van der Waals surface area contributed by atoms with Gasteiger partial charge in [0.15, 0.2) is 0 Å². The second-order valence-corrected chi connectivity index (χ2v) is 18.4. The van der Waals surface area contributed by atoms with Gasteiger partial charge in [-0.25, -0.2) is 0 Å². The van der Waals surface area contributed by atoms with Gasteiger partial charge < -0.3 is 47.4 Å². The van der Waals surface area contributed by atoms with Gasteiger partial charge in [0.2, 0.25) is 0 Å². The molecule has 231 valence electrons. The van der Waals surface area contributed by atoms with Crippen LogP contribution in [0.1, 0.15) is 0 Å². The largest absolute Gasteiger partial charge is 2.00 e. The van der Waals surface area contributed by atoms with Crippen molar-refractivity contribution in [2.24, 2.45) is 0 Å². The average Bonchev–Trinajstić information content (AvgIpc) is 3.38. The first-order valence-corrected chi connectivity index (χ1v) is 20.3. The Morgan fingerprint density at radius 1 is 0.455 bits per heavy atom. The molecule has 44 heavy (non-hydrogen) atoms. The Balaban J connectivity index is 0.000000229. The fourth-order valence-corrected chi connectivity index (χ4v) is 12.2. The maximum atomic E-state index is 5.09. The topological polar surface area (TPSA) is 18.5 Å². The van der Waals surface area contributed by atoms with E-state index in [-0.39, 0.29) is 16.5 Å². The van der Waals surface area contributed by atoms with Crippen LogP contribution in [0.2, 0.25) is 0 Å². The first kappa shape index (κ1) is 37.9. The third-order valence-corrected chi connectivity index (χ3v) is 16.6. The van der Waals surface area contributed by atoms with Gasteiger partial charge in [0.1, 0.15) is 28.5 Å². The van der Waals surface area contributed by atoms with Crippen molar-refractivity contribution in [3.05, 3.63) is 138 Å². The fraction of sp³-hybridized carbons (Fsp3) is 0.125. The first-order chi connectivity index (χ1) is 21.0. The minimum Gasteiger partial charge on any atom is -0.774 e. The van der Waals surface area contributed by atoms with Crippen LogP contribution in [0.15, 0.2) is 138 Å². The zero-order valence-electron chi connectivity index (χ0n) is 23.2. The van der Waals surface area contributed by atoms with Crippen LogP contribution in [0.4, 0.5) is 0 Å². The van der Waals surface area contributed by atoms with Crippen LogP contribution >= 0.6 is 66.9 Å². The Morgan fingerprint density at radius 3 is 1.05 bits per heavy atom. The van der Waals surface area contributed by atoms with Crippen molar-refractivity contribution in [3.63, 3.8) is 0 Å². The third kappa shape index (κ3) is 10.8. The molecule has 0 bridgehead atoms. The molecule has 2 nitrogen and oxygen atoms in total. The quantitative estimate of drug-likeness (QED) is 0.115. The molecule has 0 N–H and O–H groups in total. The van der Waals surface area contributed by atoms with E-state index >= 15 is 0 Å². The summed E-state index contributed by atoms with van der Waals surface area (Å²) in [6.07, 6.45) is 0. The Labute approximate surface area is 311 Å². The number of rotatable bonds is 4. The standard InChI is InChI=1S/C24H20P.C4H6OS4.C4H5OS4.Ni/c1-5-13-21(14-6-1)25(22-15-7-2-8-16-22,23-17-9-3-10-18-23)24-19-11-4-12-20-24;2*6-3-4(7)9-2-5-1-8-3;/h1-20H;6-7H,1-2H2;6H,1-2H2;/q+1;;;+2/p-3. The third-order valence-electron chi connectivity index (χ3n) is 6.00. The average molecular weight is 791 g/mol. The van der Waals surface area contributed by atoms with Crippen LogP contribution in [0.3, 0.4) is 0 Å². The van der Waals surface area contributed by atoms with Crippen LogP contribution in [0, 0.1) is 0 Å². The summed E-state index contributed by atoms with van der Waals surface area (Å²) in [6.45, 7) is 0. The molecule has 1 radical (unpaired) electrons. The van der Waals surface area contributed by atoms with E-state index in [1.807, 2.05) is 0 Å². The van der Waals surface area contributed by atoms with Gasteiger partial charge >= 0.3 is 16.5 Å². The zero-order chi connectivity index (χ0) is 30.3. The molecule has 6 rings (SSSR count). The van der Waals surface area contributed by atoms with Crippen molar-refractivity contribution >= 4 is 126 Å². The molecule has 0 saturated carbocycles. The molecule has 0 aromatic heterocycles. The maximum absolute atomic E-state index is 5.09. The molecule has 2 aliphatic heterocycles. The summed E-state index contributed by atoms with van der Waals surface area (Å²) in [5, 5.41) is 5.55. The molecule has 0 atom stereocenters. The number of ether oxygens (including phenoxy) is 2. The summed E-state index contributed by atoms with van der Waals surface area (Å²) >= 11 is 25.7. The summed E-state index contributed by atoms with van der Waals surface area (Å²) < 4.78 is 13.4. The molecule has 4 aromatic carbocycles. The van der Waals surface area contributed by atoms with Gasteiger partial charge in [-0.2, -0.15) is 8.47 Å². The van der Waals surface area contributed by atoms with Gasteiger partial charge in [-0.3, -0.25) is 0 Å². The monoisotopic (exact) mass is 789 g/mol.